The maximum Gasteiger partial charge on any atom is 0.277 e. The van der Waals surface area contributed by atoms with Gasteiger partial charge in [-0.2, -0.15) is 0 Å². The van der Waals surface area contributed by atoms with Crippen molar-refractivity contribution >= 4 is 5.91 Å². The van der Waals surface area contributed by atoms with Gasteiger partial charge < -0.3 is 0 Å². The third-order valence-corrected chi connectivity index (χ3v) is 3.32. The van der Waals surface area contributed by atoms with E-state index >= 15 is 0 Å². The lowest BCUT2D eigenvalue weighted by atomic mass is 9.86. The molecule has 3 nitrogen and oxygen atoms in total. The zero-order valence-corrected chi connectivity index (χ0v) is 13.0. The Morgan fingerprint density at radius 2 is 1.82 bits per heavy atom. The zero-order valence-electron chi connectivity index (χ0n) is 13.0. The van der Waals surface area contributed by atoms with Gasteiger partial charge in [0.05, 0.1) is 12.2 Å². The van der Waals surface area contributed by atoms with Crippen molar-refractivity contribution in [2.75, 3.05) is 0 Å². The Balaban J connectivity index is 2.03. The van der Waals surface area contributed by atoms with Crippen molar-refractivity contribution in [3.63, 3.8) is 0 Å². The van der Waals surface area contributed by atoms with Gasteiger partial charge in [-0.25, -0.2) is 9.87 Å². The van der Waals surface area contributed by atoms with E-state index < -0.39 is 11.7 Å². The minimum atomic E-state index is -0.584. The smallest absolute Gasteiger partial charge is 0.269 e. The number of nitrogens with one attached hydrogen (secondary N) is 1. The van der Waals surface area contributed by atoms with Crippen LogP contribution in [0.2, 0.25) is 0 Å². The fourth-order valence-corrected chi connectivity index (χ4v) is 1.98. The predicted octanol–water partition coefficient (Wildman–Crippen LogP) is 3.98. The average Bonchev–Trinajstić information content (AvgIpc) is 2.47. The van der Waals surface area contributed by atoms with E-state index in [-0.39, 0.29) is 17.6 Å². The molecule has 0 heterocycles. The largest absolute Gasteiger partial charge is 0.277 e. The molecule has 0 saturated carbocycles. The van der Waals surface area contributed by atoms with Gasteiger partial charge in [0, 0.05) is 0 Å². The predicted molar refractivity (Wildman–Crippen MR) is 83.8 cm³/mol. The Bertz CT molecular complexity index is 648. The molecule has 0 aliphatic carbocycles. The number of hydrogen-bond acceptors (Lipinski definition) is 2. The molecule has 2 rings (SSSR count). The summed E-state index contributed by atoms with van der Waals surface area (Å²) in [7, 11) is 0. The van der Waals surface area contributed by atoms with Gasteiger partial charge in [0.2, 0.25) is 0 Å². The molecule has 0 saturated heterocycles. The van der Waals surface area contributed by atoms with Gasteiger partial charge in [-0.1, -0.05) is 57.2 Å². The molecule has 116 valence electrons. The molecule has 0 bridgehead atoms. The molecule has 0 atom stereocenters. The molecule has 1 N–H and O–H groups in total. The van der Waals surface area contributed by atoms with Crippen LogP contribution in [0.5, 0.6) is 0 Å². The SMILES string of the molecule is CC(C)(C)c1ccc(F)c(C(=O)NOCc2ccccc2)c1. The molecule has 0 radical (unpaired) electrons. The number of rotatable bonds is 4. The molecule has 0 aliphatic rings. The lowest BCUT2D eigenvalue weighted by Gasteiger charge is -2.19. The second-order valence-electron chi connectivity index (χ2n) is 6.15. The summed E-state index contributed by atoms with van der Waals surface area (Å²) in [4.78, 5) is 17.2. The van der Waals surface area contributed by atoms with Crippen molar-refractivity contribution < 1.29 is 14.0 Å². The van der Waals surface area contributed by atoms with Crippen molar-refractivity contribution in [1.82, 2.24) is 5.48 Å². The lowest BCUT2D eigenvalue weighted by molar-refractivity contribution is 0.0230. The Hall–Kier alpha value is -2.20. The average molecular weight is 301 g/mol. The molecular weight excluding hydrogens is 281 g/mol. The number of benzene rings is 2. The second-order valence-corrected chi connectivity index (χ2v) is 6.15. The van der Waals surface area contributed by atoms with Gasteiger partial charge in [0.1, 0.15) is 5.82 Å². The van der Waals surface area contributed by atoms with Crippen LogP contribution < -0.4 is 5.48 Å². The molecule has 0 aromatic heterocycles. The standard InChI is InChI=1S/C18H20FNO2/c1-18(2,3)14-9-10-16(19)15(11-14)17(21)20-22-12-13-7-5-4-6-8-13/h4-11H,12H2,1-3H3,(H,20,21). The van der Waals surface area contributed by atoms with Crippen LogP contribution in [0, 0.1) is 5.82 Å². The second kappa shape index (κ2) is 6.71. The van der Waals surface area contributed by atoms with E-state index in [0.717, 1.165) is 11.1 Å². The Morgan fingerprint density at radius 3 is 2.45 bits per heavy atom. The quantitative estimate of drug-likeness (QED) is 0.867. The number of hydrogen-bond donors (Lipinski definition) is 1. The molecule has 0 spiro atoms. The van der Waals surface area contributed by atoms with E-state index in [1.54, 1.807) is 12.1 Å². The summed E-state index contributed by atoms with van der Waals surface area (Å²) in [6.45, 7) is 6.25. The Labute approximate surface area is 130 Å². The first-order valence-electron chi connectivity index (χ1n) is 7.14. The monoisotopic (exact) mass is 301 g/mol. The lowest BCUT2D eigenvalue weighted by Crippen LogP contribution is -2.25. The highest BCUT2D eigenvalue weighted by Crippen LogP contribution is 2.24. The molecule has 0 unspecified atom stereocenters. The van der Waals surface area contributed by atoms with Crippen LogP contribution in [0.1, 0.15) is 42.3 Å². The molecule has 2 aromatic carbocycles. The summed E-state index contributed by atoms with van der Waals surface area (Å²) in [5.41, 5.74) is 3.93. The van der Waals surface area contributed by atoms with E-state index in [2.05, 4.69) is 5.48 Å². The van der Waals surface area contributed by atoms with Crippen molar-refractivity contribution in [2.45, 2.75) is 32.8 Å². The van der Waals surface area contributed by atoms with Crippen LogP contribution in [0.3, 0.4) is 0 Å². The van der Waals surface area contributed by atoms with Crippen LogP contribution in [0.4, 0.5) is 4.39 Å². The summed E-state index contributed by atoms with van der Waals surface area (Å²) in [5, 5.41) is 0. The molecular formula is C18H20FNO2. The van der Waals surface area contributed by atoms with Crippen LogP contribution in [-0.4, -0.2) is 5.91 Å². The van der Waals surface area contributed by atoms with E-state index in [0.29, 0.717) is 0 Å². The first kappa shape index (κ1) is 16.2. The summed E-state index contributed by atoms with van der Waals surface area (Å²) < 4.78 is 13.8. The maximum absolute atomic E-state index is 13.8. The highest BCUT2D eigenvalue weighted by molar-refractivity contribution is 5.94. The molecule has 1 amide bonds. The summed E-state index contributed by atoms with van der Waals surface area (Å²) in [6, 6.07) is 14.0. The van der Waals surface area contributed by atoms with Crippen LogP contribution in [-0.2, 0) is 16.9 Å². The topological polar surface area (TPSA) is 38.3 Å². The summed E-state index contributed by atoms with van der Waals surface area (Å²) >= 11 is 0. The van der Waals surface area contributed by atoms with Crippen molar-refractivity contribution in [3.05, 3.63) is 71.0 Å². The third-order valence-electron chi connectivity index (χ3n) is 3.32. The van der Waals surface area contributed by atoms with E-state index in [1.807, 2.05) is 51.1 Å². The van der Waals surface area contributed by atoms with Gasteiger partial charge >= 0.3 is 0 Å². The van der Waals surface area contributed by atoms with E-state index in [1.165, 1.54) is 6.07 Å². The van der Waals surface area contributed by atoms with Crippen LogP contribution in [0.15, 0.2) is 48.5 Å². The molecule has 0 aliphatic heterocycles. The van der Waals surface area contributed by atoms with Crippen LogP contribution >= 0.6 is 0 Å². The van der Waals surface area contributed by atoms with Gasteiger partial charge in [-0.15, -0.1) is 0 Å². The highest BCUT2D eigenvalue weighted by Gasteiger charge is 2.19. The number of amides is 1. The van der Waals surface area contributed by atoms with Gasteiger partial charge in [-0.05, 0) is 28.7 Å². The van der Waals surface area contributed by atoms with Crippen molar-refractivity contribution in [2.24, 2.45) is 0 Å². The number of halogens is 1. The molecule has 4 heteroatoms. The van der Waals surface area contributed by atoms with Gasteiger partial charge in [-0.3, -0.25) is 9.63 Å². The Kier molecular flexibility index (Phi) is 4.93. The highest BCUT2D eigenvalue weighted by atomic mass is 19.1. The Morgan fingerprint density at radius 1 is 1.14 bits per heavy atom. The number of hydroxylamine groups is 1. The third kappa shape index (κ3) is 4.15. The maximum atomic E-state index is 13.8. The zero-order chi connectivity index (χ0) is 16.2. The first-order chi connectivity index (χ1) is 10.4. The van der Waals surface area contributed by atoms with E-state index in [9.17, 15) is 9.18 Å². The summed E-state index contributed by atoms with van der Waals surface area (Å²) in [5.74, 6) is -1.15. The van der Waals surface area contributed by atoms with Gasteiger partial charge in [0.15, 0.2) is 0 Å². The first-order valence-corrected chi connectivity index (χ1v) is 7.14. The number of carbonyl (C=O) groups excluding carboxylic acids is 1. The fourth-order valence-electron chi connectivity index (χ4n) is 1.98. The summed E-state index contributed by atoms with van der Waals surface area (Å²) in [6.07, 6.45) is 0. The van der Waals surface area contributed by atoms with Crippen molar-refractivity contribution in [1.29, 1.82) is 0 Å². The molecule has 2 aromatic rings. The molecule has 0 fully saturated rings. The van der Waals surface area contributed by atoms with Crippen molar-refractivity contribution in [3.8, 4) is 0 Å². The fraction of sp³-hybridized carbons (Fsp3) is 0.278. The number of carbonyl (C=O) groups is 1. The van der Waals surface area contributed by atoms with Gasteiger partial charge in [0.25, 0.3) is 5.91 Å². The minimum absolute atomic E-state index is 0.0134. The minimum Gasteiger partial charge on any atom is -0.269 e. The van der Waals surface area contributed by atoms with Crippen LogP contribution in [0.25, 0.3) is 0 Å². The van der Waals surface area contributed by atoms with E-state index in [4.69, 9.17) is 4.84 Å². The normalized spacial score (nSPS) is 11.3. The molecule has 22 heavy (non-hydrogen) atoms.